The molecule has 0 fully saturated rings. The molecule has 3 aromatic rings. The summed E-state index contributed by atoms with van der Waals surface area (Å²) in [7, 11) is -8.07. The Morgan fingerprint density at radius 2 is 1.94 bits per heavy atom. The van der Waals surface area contributed by atoms with Gasteiger partial charge in [-0.1, -0.05) is 24.3 Å². The number of benzene rings is 2. The van der Waals surface area contributed by atoms with E-state index in [1.165, 1.54) is 30.7 Å². The summed E-state index contributed by atoms with van der Waals surface area (Å²) in [5.74, 6) is -1.08. The van der Waals surface area contributed by atoms with Crippen molar-refractivity contribution in [3.05, 3.63) is 83.3 Å². The van der Waals surface area contributed by atoms with E-state index in [1.54, 1.807) is 37.3 Å². The number of anilines is 2. The molecule has 4 N–H and O–H groups in total. The molecule has 2 atom stereocenters. The number of furan rings is 1. The normalized spacial score (nSPS) is 23.4. The zero-order valence-electron chi connectivity index (χ0n) is 19.2. The Bertz CT molecular complexity index is 1630. The first-order valence-electron chi connectivity index (χ1n) is 10.8. The third kappa shape index (κ3) is 4.05. The lowest BCUT2D eigenvalue weighted by atomic mass is 9.66. The van der Waals surface area contributed by atoms with Crippen LogP contribution in [0.15, 0.2) is 75.8 Å². The van der Waals surface area contributed by atoms with Crippen LogP contribution in [0, 0.1) is 0 Å². The summed E-state index contributed by atoms with van der Waals surface area (Å²) < 4.78 is 47.7. The van der Waals surface area contributed by atoms with Gasteiger partial charge in [-0.2, -0.15) is 4.76 Å². The van der Waals surface area contributed by atoms with Gasteiger partial charge in [0.25, 0.3) is 0 Å². The summed E-state index contributed by atoms with van der Waals surface area (Å²) in [6.45, 7) is 1.74. The Morgan fingerprint density at radius 1 is 1.19 bits per heavy atom. The number of aliphatic hydroxyl groups is 1. The lowest BCUT2D eigenvalue weighted by molar-refractivity contribution is -0.120. The van der Waals surface area contributed by atoms with Crippen molar-refractivity contribution >= 4 is 51.6 Å². The van der Waals surface area contributed by atoms with Gasteiger partial charge in [-0.15, -0.1) is 0 Å². The number of aliphatic hydroxyl groups excluding tert-OH is 1. The monoisotopic (exact) mass is 527 g/mol. The summed E-state index contributed by atoms with van der Waals surface area (Å²) >= 11 is 0. The molecular weight excluding hydrogens is 505 g/mol. The van der Waals surface area contributed by atoms with Crippen molar-refractivity contribution in [3.63, 3.8) is 0 Å². The van der Waals surface area contributed by atoms with E-state index >= 15 is 0 Å². The highest BCUT2D eigenvalue weighted by Crippen LogP contribution is 2.49. The van der Waals surface area contributed by atoms with E-state index in [9.17, 15) is 27.8 Å². The molecular formula is C24H22N3O7PS. The van der Waals surface area contributed by atoms with Crippen LogP contribution in [-0.4, -0.2) is 36.3 Å². The second-order valence-corrected chi connectivity index (χ2v) is 12.5. The van der Waals surface area contributed by atoms with Crippen molar-refractivity contribution in [1.82, 2.24) is 0 Å². The molecule has 0 amide bonds. The fourth-order valence-electron chi connectivity index (χ4n) is 4.62. The summed E-state index contributed by atoms with van der Waals surface area (Å²) in [6, 6.07) is 12.7. The Labute approximate surface area is 206 Å². The number of fused-ring (bicyclic) bond motifs is 2. The molecule has 12 heteroatoms. The average molecular weight is 527 g/mol. The Hall–Kier alpha value is -3.66. The zero-order valence-corrected chi connectivity index (χ0v) is 20.9. The molecule has 1 aliphatic heterocycles. The van der Waals surface area contributed by atoms with Crippen LogP contribution in [0.25, 0.3) is 5.76 Å². The fourth-order valence-corrected chi connectivity index (χ4v) is 6.45. The van der Waals surface area contributed by atoms with Gasteiger partial charge < -0.3 is 19.7 Å². The van der Waals surface area contributed by atoms with E-state index in [4.69, 9.17) is 4.42 Å². The lowest BCUT2D eigenvalue weighted by Gasteiger charge is -2.36. The van der Waals surface area contributed by atoms with E-state index in [2.05, 4.69) is 14.8 Å². The van der Waals surface area contributed by atoms with Crippen LogP contribution in [-0.2, 0) is 31.2 Å². The van der Waals surface area contributed by atoms with Gasteiger partial charge in [-0.05, 0) is 48.7 Å². The molecule has 2 aromatic carbocycles. The van der Waals surface area contributed by atoms with Crippen molar-refractivity contribution in [2.75, 3.05) is 16.3 Å². The number of carbonyl (C=O) groups excluding carboxylic acids is 1. The Morgan fingerprint density at radius 3 is 2.64 bits per heavy atom. The van der Waals surface area contributed by atoms with Gasteiger partial charge in [0.15, 0.2) is 5.78 Å². The third-order valence-electron chi connectivity index (χ3n) is 6.22. The van der Waals surface area contributed by atoms with Crippen LogP contribution in [0.2, 0.25) is 0 Å². The van der Waals surface area contributed by atoms with Crippen LogP contribution in [0.1, 0.15) is 23.6 Å². The summed E-state index contributed by atoms with van der Waals surface area (Å²) in [5.41, 5.74) is 0.695. The lowest BCUT2D eigenvalue weighted by Crippen LogP contribution is -2.43. The highest BCUT2D eigenvalue weighted by molar-refractivity contribution is 7.92. The molecule has 186 valence electrons. The predicted molar refractivity (Wildman–Crippen MR) is 136 cm³/mol. The first-order valence-corrected chi connectivity index (χ1v) is 14.3. The second-order valence-electron chi connectivity index (χ2n) is 8.96. The van der Waals surface area contributed by atoms with Crippen molar-refractivity contribution in [2.45, 2.75) is 18.8 Å². The molecule has 2 aliphatic rings. The van der Waals surface area contributed by atoms with Crippen LogP contribution in [0.5, 0.6) is 0 Å². The summed E-state index contributed by atoms with van der Waals surface area (Å²) in [5, 5.41) is 13.9. The molecule has 10 nitrogen and oxygen atoms in total. The standard InChI is InChI=1S/C24H22N3O7PS/c1-24(12-14-9-10-34-13-14)17-6-4-3-5-16(17)21(28)20(22(24)29)23-25-18-8-7-15(27-36(2,32)33)11-19(18)35(30,31)26-23/h3-11,13,27-28H,12H2,1-2H3,(H2,25,26,30,31). The molecule has 0 bridgehead atoms. The number of carbonyl (C=O) groups is 1. The van der Waals surface area contributed by atoms with Crippen molar-refractivity contribution in [2.24, 2.45) is 4.76 Å². The number of ketones is 1. The SMILES string of the molecule is CC1(Cc2ccoc2)C(=O)C(C2=NP(=O)(O)c3cc(NS(C)(=O)=O)ccc3N2)=C(O)c2ccccc21. The van der Waals surface area contributed by atoms with E-state index < -0.39 is 28.7 Å². The molecule has 2 unspecified atom stereocenters. The first kappa shape index (κ1) is 24.1. The maximum absolute atomic E-state index is 14.0. The quantitative estimate of drug-likeness (QED) is 0.368. The van der Waals surface area contributed by atoms with Crippen molar-refractivity contribution in [3.8, 4) is 0 Å². The molecule has 0 spiro atoms. The second kappa shape index (κ2) is 8.19. The number of nitrogens with one attached hydrogen (secondary N) is 2. The first-order chi connectivity index (χ1) is 16.9. The summed E-state index contributed by atoms with van der Waals surface area (Å²) in [6.07, 6.45) is 4.26. The smallest absolute Gasteiger partial charge is 0.346 e. The maximum Gasteiger partial charge on any atom is 0.346 e. The fraction of sp³-hybridized carbons (Fsp3) is 0.167. The van der Waals surface area contributed by atoms with E-state index in [0.29, 0.717) is 11.1 Å². The number of sulfonamides is 1. The van der Waals surface area contributed by atoms with Gasteiger partial charge in [-0.3, -0.25) is 14.1 Å². The van der Waals surface area contributed by atoms with Gasteiger partial charge >= 0.3 is 7.52 Å². The number of nitrogens with zero attached hydrogens (tertiary/aromatic N) is 1. The zero-order chi connectivity index (χ0) is 25.9. The Balaban J connectivity index is 1.63. The number of Topliss-reactive ketones (excluding diaryl/α,β-unsaturated/α-hetero) is 1. The van der Waals surface area contributed by atoms with Crippen molar-refractivity contribution < 1.29 is 32.2 Å². The minimum Gasteiger partial charge on any atom is -0.506 e. The summed E-state index contributed by atoms with van der Waals surface area (Å²) in [4.78, 5) is 24.7. The molecule has 1 aliphatic carbocycles. The molecule has 0 saturated heterocycles. The maximum atomic E-state index is 14.0. The number of rotatable bonds is 5. The third-order valence-corrected chi connectivity index (χ3v) is 8.29. The minimum absolute atomic E-state index is 0.0865. The van der Waals surface area contributed by atoms with Crippen LogP contribution < -0.4 is 15.3 Å². The highest BCUT2D eigenvalue weighted by Gasteiger charge is 2.47. The molecule has 0 radical (unpaired) electrons. The molecule has 5 rings (SSSR count). The molecule has 36 heavy (non-hydrogen) atoms. The molecule has 1 aromatic heterocycles. The van der Waals surface area contributed by atoms with Gasteiger partial charge in [0.2, 0.25) is 10.0 Å². The van der Waals surface area contributed by atoms with E-state index in [1.807, 2.05) is 0 Å². The largest absolute Gasteiger partial charge is 0.506 e. The topological polar surface area (TPSA) is 158 Å². The Kier molecular flexibility index (Phi) is 5.47. The number of amidine groups is 1. The molecule has 2 heterocycles. The number of hydrogen-bond acceptors (Lipinski definition) is 7. The minimum atomic E-state index is -4.45. The van der Waals surface area contributed by atoms with E-state index in [-0.39, 0.29) is 40.3 Å². The van der Waals surface area contributed by atoms with Crippen LogP contribution in [0.4, 0.5) is 11.4 Å². The average Bonchev–Trinajstić information content (AvgIpc) is 3.30. The van der Waals surface area contributed by atoms with Gasteiger partial charge in [-0.25, -0.2) is 8.42 Å². The van der Waals surface area contributed by atoms with Gasteiger partial charge in [0.1, 0.15) is 17.2 Å². The van der Waals surface area contributed by atoms with Crippen molar-refractivity contribution in [1.29, 1.82) is 0 Å². The molecule has 0 saturated carbocycles. The van der Waals surface area contributed by atoms with E-state index in [0.717, 1.165) is 11.8 Å². The van der Waals surface area contributed by atoms with Gasteiger partial charge in [0, 0.05) is 11.3 Å². The van der Waals surface area contributed by atoms with Crippen LogP contribution in [0.3, 0.4) is 0 Å². The number of hydrogen-bond donors (Lipinski definition) is 4. The predicted octanol–water partition coefficient (Wildman–Crippen LogP) is 3.34. The van der Waals surface area contributed by atoms with Crippen LogP contribution >= 0.6 is 7.52 Å². The van der Waals surface area contributed by atoms with Gasteiger partial charge in [0.05, 0.1) is 35.2 Å². The highest BCUT2D eigenvalue weighted by atomic mass is 32.2.